The second-order valence-corrected chi connectivity index (χ2v) is 13.6. The summed E-state index contributed by atoms with van der Waals surface area (Å²) in [4.78, 5) is 66.4. The first kappa shape index (κ1) is 34.5. The number of carbonyl (C=O) groups excluding carboxylic acids is 5. The molecule has 1 aromatic carbocycles. The predicted molar refractivity (Wildman–Crippen MR) is 167 cm³/mol. The molecule has 3 N–H and O–H groups in total. The van der Waals surface area contributed by atoms with Crippen LogP contribution in [0.15, 0.2) is 43.3 Å². The molecule has 2 fully saturated rings. The van der Waals surface area contributed by atoms with E-state index in [4.69, 9.17) is 18.9 Å². The van der Waals surface area contributed by atoms with E-state index < -0.39 is 76.7 Å². The average molecular weight is 644 g/mol. The standard InChI is InChI=1S/C33H43N3O10.H2/c1-9-43-27(39)24-23-22(37)16-33(25(23)24,28(40)44-10-2)35-26(38)20(34-29(41)45-31(3,4)5)15-18-17-36(30(42)46-32(6,7)8)21-14-12-11-13-19(18)21;/h9,11-14,17,20,22-25,37H,1,10,15-16H2,2-8H3,(H,34,41)(H,35,38);1H/t20-,22-,23-,24-,25-,33+;/m0./s1. The number of aromatic nitrogens is 1. The van der Waals surface area contributed by atoms with E-state index in [9.17, 15) is 29.1 Å². The van der Waals surface area contributed by atoms with Crippen molar-refractivity contribution in [2.24, 2.45) is 17.8 Å². The second kappa shape index (κ2) is 12.8. The molecule has 2 amide bonds. The number of alkyl carbamates (subject to hydrolysis) is 1. The number of carbonyl (C=O) groups is 5. The lowest BCUT2D eigenvalue weighted by Gasteiger charge is -2.33. The Morgan fingerprint density at radius 3 is 2.37 bits per heavy atom. The van der Waals surface area contributed by atoms with E-state index in [2.05, 4.69) is 17.2 Å². The molecule has 1 aromatic heterocycles. The summed E-state index contributed by atoms with van der Waals surface area (Å²) in [5, 5.41) is 16.8. The number of para-hydroxylation sites is 1. The van der Waals surface area contributed by atoms with Crippen LogP contribution < -0.4 is 10.6 Å². The Bertz CT molecular complexity index is 1540. The molecule has 0 spiro atoms. The lowest BCUT2D eigenvalue weighted by Crippen LogP contribution is -2.62. The SMILES string of the molecule is C=COC(=O)[C@H]1[C@H]2[C@@H]1[C@@](NC(=O)[C@H](Cc1cn(C(=O)OC(C)(C)C)c3ccccc13)NC(=O)OC(C)(C)C)(C(=O)OCC)C[C@@H]2O.[HH]. The minimum Gasteiger partial charge on any atom is -0.464 e. The molecule has 13 nitrogen and oxygen atoms in total. The fraction of sp³-hybridized carbons (Fsp3) is 0.545. The number of fused-ring (bicyclic) bond motifs is 2. The van der Waals surface area contributed by atoms with Gasteiger partial charge in [-0.15, -0.1) is 0 Å². The van der Waals surface area contributed by atoms with E-state index in [0.717, 1.165) is 6.26 Å². The highest BCUT2D eigenvalue weighted by molar-refractivity contribution is 5.96. The summed E-state index contributed by atoms with van der Waals surface area (Å²) in [6.45, 7) is 15.2. The molecule has 252 valence electrons. The zero-order valence-electron chi connectivity index (χ0n) is 27.2. The molecule has 0 aliphatic heterocycles. The first-order valence-corrected chi connectivity index (χ1v) is 15.2. The number of ether oxygens (including phenoxy) is 4. The molecular formula is C33H45N3O10. The van der Waals surface area contributed by atoms with Gasteiger partial charge in [-0.05, 0) is 60.1 Å². The van der Waals surface area contributed by atoms with Crippen molar-refractivity contribution in [3.63, 3.8) is 0 Å². The summed E-state index contributed by atoms with van der Waals surface area (Å²) in [6.07, 6.45) is -0.468. The molecule has 0 radical (unpaired) electrons. The molecule has 6 atom stereocenters. The van der Waals surface area contributed by atoms with Crippen LogP contribution in [-0.4, -0.2) is 75.2 Å². The summed E-state index contributed by atoms with van der Waals surface area (Å²) in [5.41, 5.74) is -2.40. The third-order valence-electron chi connectivity index (χ3n) is 7.89. The Balaban J connectivity index is 0.00000600. The van der Waals surface area contributed by atoms with Crippen molar-refractivity contribution in [3.8, 4) is 0 Å². The van der Waals surface area contributed by atoms with Crippen molar-refractivity contribution in [1.29, 1.82) is 0 Å². The van der Waals surface area contributed by atoms with Crippen LogP contribution in [0.3, 0.4) is 0 Å². The molecular weight excluding hydrogens is 598 g/mol. The quantitative estimate of drug-likeness (QED) is 0.207. The maximum atomic E-state index is 14.2. The van der Waals surface area contributed by atoms with Crippen molar-refractivity contribution in [2.75, 3.05) is 6.61 Å². The van der Waals surface area contributed by atoms with Gasteiger partial charge in [0.25, 0.3) is 0 Å². The molecule has 0 bridgehead atoms. The maximum Gasteiger partial charge on any atom is 0.419 e. The minimum absolute atomic E-state index is 0. The number of benzene rings is 1. The van der Waals surface area contributed by atoms with E-state index in [0.29, 0.717) is 16.5 Å². The molecule has 1 heterocycles. The van der Waals surface area contributed by atoms with Gasteiger partial charge in [0.15, 0.2) is 0 Å². The van der Waals surface area contributed by atoms with Gasteiger partial charge in [-0.1, -0.05) is 24.8 Å². The van der Waals surface area contributed by atoms with Crippen molar-refractivity contribution < 1.29 is 49.5 Å². The summed E-state index contributed by atoms with van der Waals surface area (Å²) in [7, 11) is 0. The van der Waals surface area contributed by atoms with Crippen LogP contribution in [0.5, 0.6) is 0 Å². The third-order valence-corrected chi connectivity index (χ3v) is 7.89. The Morgan fingerprint density at radius 2 is 1.76 bits per heavy atom. The number of aliphatic hydroxyl groups excluding tert-OH is 1. The second-order valence-electron chi connectivity index (χ2n) is 13.6. The van der Waals surface area contributed by atoms with Gasteiger partial charge in [-0.2, -0.15) is 0 Å². The number of hydrogen-bond donors (Lipinski definition) is 3. The molecule has 13 heteroatoms. The zero-order valence-corrected chi connectivity index (χ0v) is 27.2. The Kier molecular flexibility index (Phi) is 9.58. The number of amides is 2. The van der Waals surface area contributed by atoms with Crippen LogP contribution >= 0.6 is 0 Å². The molecule has 4 rings (SSSR count). The van der Waals surface area contributed by atoms with Crippen LogP contribution in [0.4, 0.5) is 9.59 Å². The van der Waals surface area contributed by atoms with E-state index in [1.54, 1.807) is 72.7 Å². The Morgan fingerprint density at radius 1 is 1.11 bits per heavy atom. The number of aliphatic hydroxyl groups is 1. The smallest absolute Gasteiger partial charge is 0.419 e. The fourth-order valence-corrected chi connectivity index (χ4v) is 6.24. The van der Waals surface area contributed by atoms with Gasteiger partial charge in [0.05, 0.1) is 30.4 Å². The normalized spacial score (nSPS) is 24.3. The molecule has 2 aromatic rings. The van der Waals surface area contributed by atoms with Gasteiger partial charge >= 0.3 is 24.1 Å². The number of nitrogens with zero attached hydrogens (tertiary/aromatic N) is 1. The Hall–Kier alpha value is -4.39. The van der Waals surface area contributed by atoms with Crippen LogP contribution in [-0.2, 0) is 39.8 Å². The molecule has 46 heavy (non-hydrogen) atoms. The van der Waals surface area contributed by atoms with Crippen molar-refractivity contribution >= 4 is 40.9 Å². The van der Waals surface area contributed by atoms with Crippen LogP contribution in [0.25, 0.3) is 10.9 Å². The highest BCUT2D eigenvalue weighted by atomic mass is 16.6. The Labute approximate surface area is 269 Å². The lowest BCUT2D eigenvalue weighted by atomic mass is 9.88. The maximum absolute atomic E-state index is 14.2. The van der Waals surface area contributed by atoms with Crippen LogP contribution in [0.2, 0.25) is 0 Å². The first-order chi connectivity index (χ1) is 21.4. The average Bonchev–Trinajstić information content (AvgIpc) is 3.50. The lowest BCUT2D eigenvalue weighted by molar-refractivity contribution is -0.156. The largest absolute Gasteiger partial charge is 0.464 e. The molecule has 2 aliphatic rings. The van der Waals surface area contributed by atoms with Gasteiger partial charge in [0.2, 0.25) is 5.91 Å². The van der Waals surface area contributed by atoms with Crippen LogP contribution in [0.1, 0.15) is 61.9 Å². The highest BCUT2D eigenvalue weighted by Crippen LogP contribution is 2.63. The van der Waals surface area contributed by atoms with Gasteiger partial charge in [0.1, 0.15) is 22.8 Å². The number of esters is 2. The minimum atomic E-state index is -1.78. The first-order valence-electron chi connectivity index (χ1n) is 15.2. The molecule has 0 saturated heterocycles. The summed E-state index contributed by atoms with van der Waals surface area (Å²) < 4.78 is 22.6. The summed E-state index contributed by atoms with van der Waals surface area (Å²) >= 11 is 0. The van der Waals surface area contributed by atoms with Gasteiger partial charge in [-0.3, -0.25) is 14.2 Å². The number of hydrogen-bond acceptors (Lipinski definition) is 10. The topological polar surface area (TPSA) is 171 Å². The highest BCUT2D eigenvalue weighted by Gasteiger charge is 2.76. The van der Waals surface area contributed by atoms with Gasteiger partial charge in [-0.25, -0.2) is 14.4 Å². The van der Waals surface area contributed by atoms with Gasteiger partial charge in [0, 0.05) is 37.7 Å². The van der Waals surface area contributed by atoms with E-state index in [1.165, 1.54) is 10.8 Å². The number of rotatable bonds is 9. The zero-order chi connectivity index (χ0) is 34.2. The fourth-order valence-electron chi connectivity index (χ4n) is 6.24. The molecule has 2 aliphatic carbocycles. The van der Waals surface area contributed by atoms with Crippen molar-refractivity contribution in [1.82, 2.24) is 15.2 Å². The van der Waals surface area contributed by atoms with Gasteiger partial charge < -0.3 is 34.7 Å². The summed E-state index contributed by atoms with van der Waals surface area (Å²) in [5.74, 6) is -4.64. The number of nitrogens with one attached hydrogen (secondary N) is 2. The van der Waals surface area contributed by atoms with Crippen molar-refractivity contribution in [3.05, 3.63) is 48.9 Å². The summed E-state index contributed by atoms with van der Waals surface area (Å²) in [6, 6.07) is 5.70. The van der Waals surface area contributed by atoms with E-state index >= 15 is 0 Å². The van der Waals surface area contributed by atoms with Crippen molar-refractivity contribution in [2.45, 2.75) is 90.2 Å². The predicted octanol–water partition coefficient (Wildman–Crippen LogP) is 3.84. The molecule has 2 saturated carbocycles. The van der Waals surface area contributed by atoms with E-state index in [-0.39, 0.29) is 20.9 Å². The third kappa shape index (κ3) is 7.19. The molecule has 0 unspecified atom stereocenters. The monoisotopic (exact) mass is 643 g/mol. The van der Waals surface area contributed by atoms with E-state index in [1.807, 2.05) is 0 Å². The van der Waals surface area contributed by atoms with Crippen LogP contribution in [0, 0.1) is 17.8 Å².